The summed E-state index contributed by atoms with van der Waals surface area (Å²) in [5.41, 5.74) is 4.15. The molecule has 3 nitrogen and oxygen atoms in total. The number of halogens is 1. The second kappa shape index (κ2) is 5.83. The lowest BCUT2D eigenvalue weighted by Crippen LogP contribution is -1.97. The Labute approximate surface area is 131 Å². The van der Waals surface area contributed by atoms with Gasteiger partial charge in [-0.15, -0.1) is 0 Å². The predicted molar refractivity (Wildman–Crippen MR) is 86.6 cm³/mol. The van der Waals surface area contributed by atoms with Crippen molar-refractivity contribution in [2.45, 2.75) is 19.4 Å². The highest BCUT2D eigenvalue weighted by atomic mass is 127. The number of fused-ring (bicyclic) bond motifs is 1. The number of ether oxygens (including phenoxy) is 1. The first kappa shape index (κ1) is 13.4. The normalized spacial score (nSPS) is 15.3. The van der Waals surface area contributed by atoms with Crippen LogP contribution in [0.1, 0.15) is 23.1 Å². The van der Waals surface area contributed by atoms with Gasteiger partial charge in [-0.3, -0.25) is 0 Å². The zero-order valence-corrected chi connectivity index (χ0v) is 13.0. The summed E-state index contributed by atoms with van der Waals surface area (Å²) in [4.78, 5) is 0. The molecular formula is C16H14INO2. The average molecular weight is 379 g/mol. The van der Waals surface area contributed by atoms with Gasteiger partial charge in [-0.05, 0) is 76.9 Å². The first-order chi connectivity index (χ1) is 9.76. The summed E-state index contributed by atoms with van der Waals surface area (Å²) in [5.74, 6) is 0.862. The highest BCUT2D eigenvalue weighted by Gasteiger charge is 2.18. The Morgan fingerprint density at radius 3 is 2.65 bits per heavy atom. The van der Waals surface area contributed by atoms with Gasteiger partial charge in [-0.1, -0.05) is 17.3 Å². The van der Waals surface area contributed by atoms with Crippen molar-refractivity contribution < 1.29 is 9.94 Å². The second-order valence-corrected chi connectivity index (χ2v) is 6.03. The summed E-state index contributed by atoms with van der Waals surface area (Å²) in [5, 5.41) is 12.2. The van der Waals surface area contributed by atoms with Gasteiger partial charge in [-0.2, -0.15) is 0 Å². The Kier molecular flexibility index (Phi) is 3.91. The molecule has 2 aromatic rings. The maximum Gasteiger partial charge on any atom is 0.120 e. The molecule has 0 atom stereocenters. The molecule has 0 fully saturated rings. The number of aryl methyl sites for hydroxylation is 1. The van der Waals surface area contributed by atoms with Gasteiger partial charge >= 0.3 is 0 Å². The molecule has 0 aromatic heterocycles. The number of nitrogens with zero attached hydrogens (tertiary/aromatic N) is 1. The van der Waals surface area contributed by atoms with E-state index in [9.17, 15) is 0 Å². The summed E-state index contributed by atoms with van der Waals surface area (Å²) in [6.45, 7) is 0.566. The fourth-order valence-corrected chi connectivity index (χ4v) is 2.75. The van der Waals surface area contributed by atoms with E-state index < -0.39 is 0 Å². The third-order valence-electron chi connectivity index (χ3n) is 3.46. The van der Waals surface area contributed by atoms with Crippen molar-refractivity contribution in [3.8, 4) is 5.75 Å². The molecular weight excluding hydrogens is 365 g/mol. The van der Waals surface area contributed by atoms with E-state index in [0.29, 0.717) is 6.61 Å². The van der Waals surface area contributed by atoms with Crippen molar-refractivity contribution in [3.63, 3.8) is 0 Å². The Morgan fingerprint density at radius 1 is 1.10 bits per heavy atom. The van der Waals surface area contributed by atoms with E-state index in [0.717, 1.165) is 35.4 Å². The SMILES string of the molecule is O/N=C1/CCc2cc(OCc3ccc(I)cc3)ccc21. The fraction of sp³-hybridized carbons (Fsp3) is 0.188. The molecule has 1 aliphatic carbocycles. The van der Waals surface area contributed by atoms with Gasteiger partial charge < -0.3 is 9.94 Å². The highest BCUT2D eigenvalue weighted by molar-refractivity contribution is 14.1. The van der Waals surface area contributed by atoms with Crippen molar-refractivity contribution in [2.24, 2.45) is 5.16 Å². The standard InChI is InChI=1S/C16H14INO2/c17-13-4-1-11(2-5-13)10-20-14-6-7-15-12(9-14)3-8-16(15)18-19/h1-2,4-7,9,19H,3,8,10H2/b18-16-. The van der Waals surface area contributed by atoms with Crippen LogP contribution >= 0.6 is 22.6 Å². The molecule has 0 saturated carbocycles. The summed E-state index contributed by atoms with van der Waals surface area (Å²) < 4.78 is 7.04. The maximum atomic E-state index is 8.91. The lowest BCUT2D eigenvalue weighted by Gasteiger charge is -2.08. The van der Waals surface area contributed by atoms with Crippen LogP contribution in [0.2, 0.25) is 0 Å². The first-order valence-electron chi connectivity index (χ1n) is 6.48. The van der Waals surface area contributed by atoms with E-state index in [-0.39, 0.29) is 0 Å². The van der Waals surface area contributed by atoms with Gasteiger partial charge in [0.2, 0.25) is 0 Å². The Balaban J connectivity index is 1.71. The number of oxime groups is 1. The highest BCUT2D eigenvalue weighted by Crippen LogP contribution is 2.27. The van der Waals surface area contributed by atoms with Gasteiger partial charge in [0.05, 0.1) is 5.71 Å². The van der Waals surface area contributed by atoms with Crippen LogP contribution in [-0.4, -0.2) is 10.9 Å². The van der Waals surface area contributed by atoms with Crippen LogP contribution < -0.4 is 4.74 Å². The van der Waals surface area contributed by atoms with E-state index in [1.54, 1.807) is 0 Å². The Hall–Kier alpha value is -1.56. The van der Waals surface area contributed by atoms with Crippen LogP contribution in [0.25, 0.3) is 0 Å². The second-order valence-electron chi connectivity index (χ2n) is 4.78. The molecule has 3 rings (SSSR count). The molecule has 20 heavy (non-hydrogen) atoms. The first-order valence-corrected chi connectivity index (χ1v) is 7.55. The molecule has 2 aromatic carbocycles. The van der Waals surface area contributed by atoms with Gasteiger partial charge in [0.1, 0.15) is 12.4 Å². The van der Waals surface area contributed by atoms with Crippen molar-refractivity contribution >= 4 is 28.3 Å². The van der Waals surface area contributed by atoms with Gasteiger partial charge in [0, 0.05) is 9.13 Å². The van der Waals surface area contributed by atoms with Crippen LogP contribution in [0, 0.1) is 3.57 Å². The smallest absolute Gasteiger partial charge is 0.120 e. The number of rotatable bonds is 3. The van der Waals surface area contributed by atoms with Crippen molar-refractivity contribution in [1.29, 1.82) is 0 Å². The largest absolute Gasteiger partial charge is 0.489 e. The van der Waals surface area contributed by atoms with Gasteiger partial charge in [0.25, 0.3) is 0 Å². The molecule has 1 aliphatic rings. The molecule has 4 heteroatoms. The topological polar surface area (TPSA) is 41.8 Å². The quantitative estimate of drug-likeness (QED) is 0.498. The minimum atomic E-state index is 0.566. The van der Waals surface area contributed by atoms with E-state index in [1.165, 1.54) is 9.13 Å². The molecule has 0 amide bonds. The van der Waals surface area contributed by atoms with Crippen LogP contribution in [-0.2, 0) is 13.0 Å². The number of hydrogen-bond donors (Lipinski definition) is 1. The fourth-order valence-electron chi connectivity index (χ4n) is 2.39. The van der Waals surface area contributed by atoms with Gasteiger partial charge in [-0.25, -0.2) is 0 Å². The minimum absolute atomic E-state index is 0.566. The summed E-state index contributed by atoms with van der Waals surface area (Å²) in [6, 6.07) is 14.2. The lowest BCUT2D eigenvalue weighted by atomic mass is 10.1. The molecule has 0 spiro atoms. The zero-order chi connectivity index (χ0) is 13.9. The Bertz CT molecular complexity index is 650. The summed E-state index contributed by atoms with van der Waals surface area (Å²) in [7, 11) is 0. The number of hydrogen-bond acceptors (Lipinski definition) is 3. The van der Waals surface area contributed by atoms with Gasteiger partial charge in [0.15, 0.2) is 0 Å². The van der Waals surface area contributed by atoms with Crippen LogP contribution in [0.3, 0.4) is 0 Å². The van der Waals surface area contributed by atoms with Crippen LogP contribution in [0.5, 0.6) is 5.75 Å². The van der Waals surface area contributed by atoms with E-state index in [1.807, 2.05) is 18.2 Å². The molecule has 0 radical (unpaired) electrons. The molecule has 0 heterocycles. The van der Waals surface area contributed by atoms with Crippen LogP contribution in [0.15, 0.2) is 47.6 Å². The lowest BCUT2D eigenvalue weighted by molar-refractivity contribution is 0.306. The van der Waals surface area contributed by atoms with Crippen molar-refractivity contribution in [3.05, 3.63) is 62.7 Å². The monoisotopic (exact) mass is 379 g/mol. The predicted octanol–water partition coefficient (Wildman–Crippen LogP) is 3.99. The maximum absolute atomic E-state index is 8.91. The number of benzene rings is 2. The van der Waals surface area contributed by atoms with E-state index in [4.69, 9.17) is 9.94 Å². The molecule has 0 unspecified atom stereocenters. The summed E-state index contributed by atoms with van der Waals surface area (Å²) in [6.07, 6.45) is 1.71. The Morgan fingerprint density at radius 2 is 1.90 bits per heavy atom. The third kappa shape index (κ3) is 2.80. The third-order valence-corrected chi connectivity index (χ3v) is 4.18. The minimum Gasteiger partial charge on any atom is -0.489 e. The molecule has 1 N–H and O–H groups in total. The molecule has 102 valence electrons. The van der Waals surface area contributed by atoms with Crippen molar-refractivity contribution in [2.75, 3.05) is 0 Å². The van der Waals surface area contributed by atoms with Crippen LogP contribution in [0.4, 0.5) is 0 Å². The zero-order valence-electron chi connectivity index (χ0n) is 10.8. The van der Waals surface area contributed by atoms with E-state index in [2.05, 4.69) is 52.0 Å². The average Bonchev–Trinajstić information content (AvgIpc) is 2.89. The molecule has 0 aliphatic heterocycles. The van der Waals surface area contributed by atoms with Crippen molar-refractivity contribution in [1.82, 2.24) is 0 Å². The summed E-state index contributed by atoms with van der Waals surface area (Å²) >= 11 is 2.29. The molecule has 0 saturated heterocycles. The van der Waals surface area contributed by atoms with E-state index >= 15 is 0 Å². The molecule has 0 bridgehead atoms.